The highest BCUT2D eigenvalue weighted by Gasteiger charge is 2.20. The summed E-state index contributed by atoms with van der Waals surface area (Å²) in [4.78, 5) is 15.8. The number of nitrogens with one attached hydrogen (secondary N) is 1. The first-order valence-corrected chi connectivity index (χ1v) is 7.73. The number of rotatable bonds is 4. The number of halogens is 1. The summed E-state index contributed by atoms with van der Waals surface area (Å²) in [6.45, 7) is 0. The number of anilines is 1. The Kier molecular flexibility index (Phi) is 4.01. The fraction of sp³-hybridized carbons (Fsp3) is 0.429. The SMILES string of the molecule is NC(=O)c1cnc2c(ccn2SF)c1NC1CCCCC1. The van der Waals surface area contributed by atoms with Crippen LogP contribution in [0.25, 0.3) is 11.0 Å². The fourth-order valence-electron chi connectivity index (χ4n) is 2.91. The van der Waals surface area contributed by atoms with Crippen molar-refractivity contribution in [3.8, 4) is 0 Å². The van der Waals surface area contributed by atoms with Crippen molar-refractivity contribution in [1.29, 1.82) is 0 Å². The molecule has 0 bridgehead atoms. The van der Waals surface area contributed by atoms with Gasteiger partial charge in [0, 0.05) is 23.8 Å². The smallest absolute Gasteiger partial charge is 0.252 e. The zero-order chi connectivity index (χ0) is 14.8. The van der Waals surface area contributed by atoms with E-state index in [4.69, 9.17) is 5.73 Å². The molecule has 1 fully saturated rings. The van der Waals surface area contributed by atoms with Gasteiger partial charge in [-0.2, -0.15) is 0 Å². The normalized spacial score (nSPS) is 16.2. The highest BCUT2D eigenvalue weighted by Crippen LogP contribution is 2.31. The average molecular weight is 308 g/mol. The van der Waals surface area contributed by atoms with Crippen LogP contribution in [0.5, 0.6) is 0 Å². The van der Waals surface area contributed by atoms with Gasteiger partial charge in [0.2, 0.25) is 0 Å². The van der Waals surface area contributed by atoms with E-state index in [1.165, 1.54) is 29.4 Å². The molecule has 21 heavy (non-hydrogen) atoms. The molecule has 0 atom stereocenters. The lowest BCUT2D eigenvalue weighted by molar-refractivity contribution is 0.100. The lowest BCUT2D eigenvalue weighted by Gasteiger charge is -2.25. The molecule has 3 rings (SSSR count). The summed E-state index contributed by atoms with van der Waals surface area (Å²) < 4.78 is 14.2. The van der Waals surface area contributed by atoms with Gasteiger partial charge >= 0.3 is 0 Å². The number of carbonyl (C=O) groups is 1. The molecule has 0 aliphatic heterocycles. The third-order valence-corrected chi connectivity index (χ3v) is 4.42. The number of pyridine rings is 1. The van der Waals surface area contributed by atoms with Crippen molar-refractivity contribution in [3.05, 3.63) is 24.0 Å². The Labute approximate surface area is 126 Å². The van der Waals surface area contributed by atoms with Gasteiger partial charge in [-0.1, -0.05) is 19.3 Å². The first-order valence-electron chi connectivity index (χ1n) is 7.06. The second-order valence-electron chi connectivity index (χ2n) is 5.34. The van der Waals surface area contributed by atoms with Crippen LogP contribution in [-0.4, -0.2) is 20.9 Å². The van der Waals surface area contributed by atoms with Crippen molar-refractivity contribution in [2.24, 2.45) is 5.73 Å². The molecule has 1 aliphatic carbocycles. The summed E-state index contributed by atoms with van der Waals surface area (Å²) in [5.74, 6) is -0.525. The summed E-state index contributed by atoms with van der Waals surface area (Å²) in [5.41, 5.74) is 6.97. The van der Waals surface area contributed by atoms with E-state index < -0.39 is 5.91 Å². The molecule has 0 radical (unpaired) electrons. The van der Waals surface area contributed by atoms with Crippen molar-refractivity contribution in [3.63, 3.8) is 0 Å². The van der Waals surface area contributed by atoms with Gasteiger partial charge in [-0.3, -0.25) is 4.79 Å². The quantitative estimate of drug-likeness (QED) is 0.909. The van der Waals surface area contributed by atoms with Gasteiger partial charge in [0.05, 0.1) is 11.3 Å². The Morgan fingerprint density at radius 3 is 2.86 bits per heavy atom. The molecule has 0 saturated heterocycles. The molecule has 112 valence electrons. The van der Waals surface area contributed by atoms with Crippen LogP contribution in [0.2, 0.25) is 0 Å². The van der Waals surface area contributed by atoms with Crippen LogP contribution in [0.4, 0.5) is 9.57 Å². The Hall–Kier alpha value is -1.76. The van der Waals surface area contributed by atoms with Crippen molar-refractivity contribution in [2.45, 2.75) is 38.1 Å². The third kappa shape index (κ3) is 2.70. The standard InChI is InChI=1S/C14H17FN4OS/c15-21-19-7-6-10-12(18-9-4-2-1-3-5-9)11(13(16)20)8-17-14(10)19/h6-9H,1-5H2,(H2,16,20)(H,17,18). The van der Waals surface area contributed by atoms with E-state index >= 15 is 0 Å². The van der Waals surface area contributed by atoms with Gasteiger partial charge in [0.25, 0.3) is 5.91 Å². The van der Waals surface area contributed by atoms with Gasteiger partial charge in [0.15, 0.2) is 18.0 Å². The van der Waals surface area contributed by atoms with E-state index in [2.05, 4.69) is 10.3 Å². The van der Waals surface area contributed by atoms with Crippen LogP contribution in [0, 0.1) is 0 Å². The van der Waals surface area contributed by atoms with E-state index in [0.717, 1.165) is 18.2 Å². The average Bonchev–Trinajstić information content (AvgIpc) is 2.92. The molecule has 2 heterocycles. The van der Waals surface area contributed by atoms with Crippen molar-refractivity contribution < 1.29 is 8.68 Å². The zero-order valence-corrected chi connectivity index (χ0v) is 12.3. The van der Waals surface area contributed by atoms with Crippen molar-refractivity contribution in [2.75, 3.05) is 5.32 Å². The van der Waals surface area contributed by atoms with Crippen LogP contribution < -0.4 is 11.1 Å². The van der Waals surface area contributed by atoms with Crippen molar-refractivity contribution in [1.82, 2.24) is 8.96 Å². The van der Waals surface area contributed by atoms with E-state index in [1.807, 2.05) is 0 Å². The Morgan fingerprint density at radius 2 is 2.19 bits per heavy atom. The molecule has 2 aromatic heterocycles. The maximum Gasteiger partial charge on any atom is 0.252 e. The number of nitrogens with zero attached hydrogens (tertiary/aromatic N) is 2. The number of carbonyl (C=O) groups excluding carboxylic acids is 1. The second kappa shape index (κ2) is 5.93. The maximum absolute atomic E-state index is 12.9. The summed E-state index contributed by atoms with van der Waals surface area (Å²) in [6.07, 6.45) is 8.77. The lowest BCUT2D eigenvalue weighted by atomic mass is 9.95. The monoisotopic (exact) mass is 308 g/mol. The first kappa shape index (κ1) is 14.2. The van der Waals surface area contributed by atoms with E-state index in [0.29, 0.717) is 22.9 Å². The molecule has 0 unspecified atom stereocenters. The molecular formula is C14H17FN4OS. The van der Waals surface area contributed by atoms with Gasteiger partial charge in [0.1, 0.15) is 0 Å². The zero-order valence-electron chi connectivity index (χ0n) is 11.5. The molecule has 0 aromatic carbocycles. The molecule has 5 nitrogen and oxygen atoms in total. The minimum absolute atomic E-state index is 0.0842. The fourth-order valence-corrected chi connectivity index (χ4v) is 3.23. The number of nitrogens with two attached hydrogens (primary N) is 1. The number of fused-ring (bicyclic) bond motifs is 1. The number of hydrogen-bond acceptors (Lipinski definition) is 4. The van der Waals surface area contributed by atoms with Crippen molar-refractivity contribution >= 4 is 35.0 Å². The second-order valence-corrected chi connectivity index (χ2v) is 5.87. The molecule has 2 aromatic rings. The molecule has 3 N–H and O–H groups in total. The number of hydrogen-bond donors (Lipinski definition) is 2. The third-order valence-electron chi connectivity index (χ3n) is 3.97. The summed E-state index contributed by atoms with van der Waals surface area (Å²) >= 11 is 0.0842. The summed E-state index contributed by atoms with van der Waals surface area (Å²) in [6, 6.07) is 2.08. The minimum Gasteiger partial charge on any atom is -0.381 e. The minimum atomic E-state index is -0.525. The van der Waals surface area contributed by atoms with Gasteiger partial charge in [-0.25, -0.2) is 8.96 Å². The van der Waals surface area contributed by atoms with Crippen LogP contribution in [0.3, 0.4) is 0 Å². The molecule has 0 spiro atoms. The van der Waals surface area contributed by atoms with Crippen LogP contribution in [-0.2, 0) is 0 Å². The summed E-state index contributed by atoms with van der Waals surface area (Å²) in [5, 5.41) is 4.15. The summed E-state index contributed by atoms with van der Waals surface area (Å²) in [7, 11) is 0. The number of amides is 1. The van der Waals surface area contributed by atoms with Crippen LogP contribution in [0.1, 0.15) is 42.5 Å². The van der Waals surface area contributed by atoms with Crippen LogP contribution >= 0.6 is 12.3 Å². The molecule has 1 amide bonds. The number of aromatic nitrogens is 2. The predicted octanol–water partition coefficient (Wildman–Crippen LogP) is 3.26. The van der Waals surface area contributed by atoms with E-state index in [9.17, 15) is 8.68 Å². The first-order chi connectivity index (χ1) is 10.2. The highest BCUT2D eigenvalue weighted by molar-refractivity contribution is 7.92. The van der Waals surface area contributed by atoms with E-state index in [1.54, 1.807) is 12.3 Å². The Morgan fingerprint density at radius 1 is 1.43 bits per heavy atom. The predicted molar refractivity (Wildman–Crippen MR) is 82.8 cm³/mol. The molecule has 1 saturated carbocycles. The largest absolute Gasteiger partial charge is 0.381 e. The Balaban J connectivity index is 2.05. The molecule has 1 aliphatic rings. The molecule has 7 heteroatoms. The van der Waals surface area contributed by atoms with Gasteiger partial charge in [-0.15, -0.1) is 3.89 Å². The topological polar surface area (TPSA) is 72.9 Å². The van der Waals surface area contributed by atoms with E-state index in [-0.39, 0.29) is 12.3 Å². The maximum atomic E-state index is 12.9. The van der Waals surface area contributed by atoms with Crippen LogP contribution in [0.15, 0.2) is 18.5 Å². The molecular weight excluding hydrogens is 291 g/mol. The Bertz CT molecular complexity index is 666. The van der Waals surface area contributed by atoms with Gasteiger partial charge < -0.3 is 11.1 Å². The highest BCUT2D eigenvalue weighted by atomic mass is 32.2. The van der Waals surface area contributed by atoms with Gasteiger partial charge in [-0.05, 0) is 18.9 Å². The lowest BCUT2D eigenvalue weighted by Crippen LogP contribution is -2.25. The number of primary amides is 1.